The third-order valence-corrected chi connectivity index (χ3v) is 3.59. The molecule has 3 rings (SSSR count). The molecule has 0 bridgehead atoms. The van der Waals surface area contributed by atoms with E-state index in [0.717, 1.165) is 25.9 Å². The first-order valence-corrected chi connectivity index (χ1v) is 7.21. The summed E-state index contributed by atoms with van der Waals surface area (Å²) in [7, 11) is 0. The minimum atomic E-state index is -0.380. The molecule has 1 fully saturated rings. The number of anilines is 1. The molecular weight excluding hydrogens is 280 g/mol. The van der Waals surface area contributed by atoms with Crippen molar-refractivity contribution in [2.24, 2.45) is 0 Å². The molecule has 1 aliphatic heterocycles. The average molecular weight is 296 g/mol. The topological polar surface area (TPSA) is 75.2 Å². The Labute approximate surface area is 128 Å². The fourth-order valence-electron chi connectivity index (χ4n) is 2.47. The lowest BCUT2D eigenvalue weighted by Gasteiger charge is -2.17. The van der Waals surface area contributed by atoms with Crippen molar-refractivity contribution in [2.45, 2.75) is 12.8 Å². The maximum atomic E-state index is 12.5. The standard InChI is InChI=1S/C16H16N4O2/c21-15(14-11-17-7-8-18-14)19-13-6-2-1-5-12(13)16(22)20-9-3-4-10-20/h1-2,5-8,11H,3-4,9-10H2,(H,19,21). The smallest absolute Gasteiger partial charge is 0.275 e. The van der Waals surface area contributed by atoms with E-state index in [1.165, 1.54) is 18.6 Å². The molecule has 0 saturated carbocycles. The van der Waals surface area contributed by atoms with E-state index in [0.29, 0.717) is 11.3 Å². The Bertz CT molecular complexity index is 682. The van der Waals surface area contributed by atoms with Crippen molar-refractivity contribution < 1.29 is 9.59 Å². The van der Waals surface area contributed by atoms with E-state index in [1.54, 1.807) is 24.3 Å². The number of rotatable bonds is 3. The second-order valence-corrected chi connectivity index (χ2v) is 5.09. The zero-order valence-corrected chi connectivity index (χ0v) is 12.0. The Hall–Kier alpha value is -2.76. The van der Waals surface area contributed by atoms with E-state index >= 15 is 0 Å². The molecule has 0 unspecified atom stereocenters. The van der Waals surface area contributed by atoms with Gasteiger partial charge >= 0.3 is 0 Å². The summed E-state index contributed by atoms with van der Waals surface area (Å²) >= 11 is 0. The van der Waals surface area contributed by atoms with Gasteiger partial charge in [0.25, 0.3) is 11.8 Å². The lowest BCUT2D eigenvalue weighted by Crippen LogP contribution is -2.28. The van der Waals surface area contributed by atoms with Gasteiger partial charge < -0.3 is 10.2 Å². The van der Waals surface area contributed by atoms with Crippen molar-refractivity contribution in [3.63, 3.8) is 0 Å². The first-order chi connectivity index (χ1) is 10.8. The molecule has 1 aliphatic rings. The second kappa shape index (κ2) is 6.34. The van der Waals surface area contributed by atoms with Crippen molar-refractivity contribution in [1.82, 2.24) is 14.9 Å². The average Bonchev–Trinajstić information content (AvgIpc) is 3.10. The molecular formula is C16H16N4O2. The molecule has 1 saturated heterocycles. The molecule has 1 aromatic carbocycles. The highest BCUT2D eigenvalue weighted by molar-refractivity contribution is 6.08. The van der Waals surface area contributed by atoms with Gasteiger partial charge in [0.2, 0.25) is 0 Å². The maximum Gasteiger partial charge on any atom is 0.275 e. The minimum absolute atomic E-state index is 0.0486. The molecule has 112 valence electrons. The lowest BCUT2D eigenvalue weighted by atomic mass is 10.1. The molecule has 2 heterocycles. The summed E-state index contributed by atoms with van der Waals surface area (Å²) in [6.45, 7) is 1.54. The summed E-state index contributed by atoms with van der Waals surface area (Å²) in [5.74, 6) is -0.428. The molecule has 1 aromatic heterocycles. The van der Waals surface area contributed by atoms with Crippen LogP contribution in [0.2, 0.25) is 0 Å². The fourth-order valence-corrected chi connectivity index (χ4v) is 2.47. The number of carbonyl (C=O) groups excluding carboxylic acids is 2. The van der Waals surface area contributed by atoms with Gasteiger partial charge in [-0.05, 0) is 25.0 Å². The van der Waals surface area contributed by atoms with Crippen LogP contribution in [0.15, 0.2) is 42.9 Å². The third-order valence-electron chi connectivity index (χ3n) is 3.59. The van der Waals surface area contributed by atoms with Gasteiger partial charge in [-0.1, -0.05) is 12.1 Å². The Balaban J connectivity index is 1.82. The van der Waals surface area contributed by atoms with Crippen LogP contribution in [0.1, 0.15) is 33.7 Å². The predicted molar refractivity (Wildman–Crippen MR) is 81.6 cm³/mol. The number of amides is 2. The van der Waals surface area contributed by atoms with Crippen LogP contribution >= 0.6 is 0 Å². The number of hydrogen-bond donors (Lipinski definition) is 1. The van der Waals surface area contributed by atoms with Crippen LogP contribution < -0.4 is 5.32 Å². The summed E-state index contributed by atoms with van der Waals surface area (Å²) in [5, 5.41) is 2.74. The van der Waals surface area contributed by atoms with Gasteiger partial charge in [0.05, 0.1) is 17.4 Å². The van der Waals surface area contributed by atoms with Gasteiger partial charge in [-0.3, -0.25) is 14.6 Å². The van der Waals surface area contributed by atoms with Crippen LogP contribution in [0.3, 0.4) is 0 Å². The number of nitrogens with one attached hydrogen (secondary N) is 1. The van der Waals surface area contributed by atoms with Crippen LogP contribution in [0.25, 0.3) is 0 Å². The monoisotopic (exact) mass is 296 g/mol. The number of carbonyl (C=O) groups is 2. The summed E-state index contributed by atoms with van der Waals surface area (Å²) in [6, 6.07) is 7.03. The lowest BCUT2D eigenvalue weighted by molar-refractivity contribution is 0.0794. The normalized spacial score (nSPS) is 13.9. The van der Waals surface area contributed by atoms with Crippen LogP contribution in [-0.2, 0) is 0 Å². The van der Waals surface area contributed by atoms with E-state index < -0.39 is 0 Å². The fraction of sp³-hybridized carbons (Fsp3) is 0.250. The molecule has 0 spiro atoms. The highest BCUT2D eigenvalue weighted by Gasteiger charge is 2.22. The molecule has 22 heavy (non-hydrogen) atoms. The van der Waals surface area contributed by atoms with E-state index in [-0.39, 0.29) is 17.5 Å². The van der Waals surface area contributed by atoms with E-state index in [1.807, 2.05) is 4.90 Å². The van der Waals surface area contributed by atoms with Crippen LogP contribution in [0.4, 0.5) is 5.69 Å². The van der Waals surface area contributed by atoms with Gasteiger partial charge in [0.15, 0.2) is 0 Å². The first kappa shape index (κ1) is 14.2. The van der Waals surface area contributed by atoms with Gasteiger partial charge in [-0.15, -0.1) is 0 Å². The zero-order valence-electron chi connectivity index (χ0n) is 12.0. The number of nitrogens with zero attached hydrogens (tertiary/aromatic N) is 3. The molecule has 6 nitrogen and oxygen atoms in total. The van der Waals surface area contributed by atoms with Crippen molar-refractivity contribution >= 4 is 17.5 Å². The van der Waals surface area contributed by atoms with Crippen molar-refractivity contribution in [3.05, 3.63) is 54.1 Å². The highest BCUT2D eigenvalue weighted by Crippen LogP contribution is 2.20. The second-order valence-electron chi connectivity index (χ2n) is 5.09. The van der Waals surface area contributed by atoms with E-state index in [9.17, 15) is 9.59 Å². The minimum Gasteiger partial charge on any atom is -0.339 e. The number of aromatic nitrogens is 2. The first-order valence-electron chi connectivity index (χ1n) is 7.21. The molecule has 2 aromatic rings. The molecule has 0 atom stereocenters. The molecule has 6 heteroatoms. The summed E-state index contributed by atoms with van der Waals surface area (Å²) in [6.07, 6.45) is 6.40. The van der Waals surface area contributed by atoms with Crippen molar-refractivity contribution in [2.75, 3.05) is 18.4 Å². The summed E-state index contributed by atoms with van der Waals surface area (Å²) in [4.78, 5) is 34.3. The van der Waals surface area contributed by atoms with Crippen molar-refractivity contribution in [3.8, 4) is 0 Å². The van der Waals surface area contributed by atoms with Gasteiger partial charge in [0, 0.05) is 25.5 Å². The van der Waals surface area contributed by atoms with Crippen LogP contribution in [0.5, 0.6) is 0 Å². The summed E-state index contributed by atoms with van der Waals surface area (Å²) in [5.41, 5.74) is 1.21. The number of para-hydroxylation sites is 1. The van der Waals surface area contributed by atoms with Crippen LogP contribution in [0, 0.1) is 0 Å². The molecule has 1 N–H and O–H groups in total. The number of benzene rings is 1. The molecule has 0 radical (unpaired) electrons. The Morgan fingerprint density at radius 2 is 1.86 bits per heavy atom. The number of likely N-dealkylation sites (tertiary alicyclic amines) is 1. The van der Waals surface area contributed by atoms with E-state index in [2.05, 4.69) is 15.3 Å². The maximum absolute atomic E-state index is 12.5. The molecule has 0 aliphatic carbocycles. The predicted octanol–water partition coefficient (Wildman–Crippen LogP) is 1.96. The van der Waals surface area contributed by atoms with Gasteiger partial charge in [-0.2, -0.15) is 0 Å². The Morgan fingerprint density at radius 3 is 2.59 bits per heavy atom. The highest BCUT2D eigenvalue weighted by atomic mass is 16.2. The van der Waals surface area contributed by atoms with Gasteiger partial charge in [0.1, 0.15) is 5.69 Å². The van der Waals surface area contributed by atoms with Gasteiger partial charge in [-0.25, -0.2) is 4.98 Å². The molecule has 2 amide bonds. The van der Waals surface area contributed by atoms with Crippen molar-refractivity contribution in [1.29, 1.82) is 0 Å². The van der Waals surface area contributed by atoms with Crippen LogP contribution in [-0.4, -0.2) is 39.8 Å². The SMILES string of the molecule is O=C(Nc1ccccc1C(=O)N1CCCC1)c1cnccn1. The quantitative estimate of drug-likeness (QED) is 0.939. The Morgan fingerprint density at radius 1 is 1.09 bits per heavy atom. The Kier molecular flexibility index (Phi) is 4.09. The zero-order chi connectivity index (χ0) is 15.4. The summed E-state index contributed by atoms with van der Waals surface area (Å²) < 4.78 is 0. The largest absolute Gasteiger partial charge is 0.339 e. The van der Waals surface area contributed by atoms with E-state index in [4.69, 9.17) is 0 Å². The third kappa shape index (κ3) is 2.95. The number of hydrogen-bond acceptors (Lipinski definition) is 4.